The topological polar surface area (TPSA) is 98.5 Å². The second kappa shape index (κ2) is 8.35. The summed E-state index contributed by atoms with van der Waals surface area (Å²) in [5.74, 6) is 0.612. The highest BCUT2D eigenvalue weighted by Gasteiger charge is 2.29. The van der Waals surface area contributed by atoms with Gasteiger partial charge in [0.2, 0.25) is 11.1 Å². The summed E-state index contributed by atoms with van der Waals surface area (Å²) in [6.07, 6.45) is 2.79. The van der Waals surface area contributed by atoms with E-state index in [0.717, 1.165) is 41.1 Å². The minimum absolute atomic E-state index is 0.133. The van der Waals surface area contributed by atoms with Crippen LogP contribution in [0.2, 0.25) is 0 Å². The first-order chi connectivity index (χ1) is 14.4. The van der Waals surface area contributed by atoms with E-state index in [1.807, 2.05) is 19.9 Å². The maximum Gasteiger partial charge on any atom is 0.341 e. The van der Waals surface area contributed by atoms with E-state index in [1.54, 1.807) is 4.52 Å². The van der Waals surface area contributed by atoms with Gasteiger partial charge in [-0.15, -0.1) is 16.4 Å². The Morgan fingerprint density at radius 2 is 2.17 bits per heavy atom. The van der Waals surface area contributed by atoms with Crippen molar-refractivity contribution in [1.29, 1.82) is 0 Å². The Morgan fingerprint density at radius 3 is 2.93 bits per heavy atom. The number of carbonyl (C=O) groups excluding carboxylic acids is 2. The van der Waals surface area contributed by atoms with Gasteiger partial charge in [0.25, 0.3) is 5.78 Å². The molecule has 0 spiro atoms. The number of nitrogens with one attached hydrogen (secondary N) is 1. The number of fused-ring (bicyclic) bond motifs is 2. The Morgan fingerprint density at radius 1 is 1.37 bits per heavy atom. The van der Waals surface area contributed by atoms with Crippen molar-refractivity contribution in [2.24, 2.45) is 5.92 Å². The number of aryl methyl sites for hydroxylation is 2. The first kappa shape index (κ1) is 20.8. The van der Waals surface area contributed by atoms with Gasteiger partial charge in [0, 0.05) is 16.3 Å². The molecule has 1 atom stereocenters. The summed E-state index contributed by atoms with van der Waals surface area (Å²) < 4.78 is 6.64. The maximum atomic E-state index is 12.6. The molecule has 158 valence electrons. The van der Waals surface area contributed by atoms with E-state index < -0.39 is 5.97 Å². The molecule has 1 amide bonds. The lowest BCUT2D eigenvalue weighted by Gasteiger charge is -2.18. The predicted octanol–water partition coefficient (Wildman–Crippen LogP) is 3.44. The Bertz CT molecular complexity index is 1140. The van der Waals surface area contributed by atoms with Crippen molar-refractivity contribution in [3.05, 3.63) is 33.5 Å². The lowest BCUT2D eigenvalue weighted by Crippen LogP contribution is -2.17. The predicted molar refractivity (Wildman–Crippen MR) is 116 cm³/mol. The highest BCUT2D eigenvalue weighted by Crippen LogP contribution is 2.40. The number of carbonyl (C=O) groups is 2. The van der Waals surface area contributed by atoms with Crippen LogP contribution in [0.15, 0.2) is 11.2 Å². The first-order valence-corrected chi connectivity index (χ1v) is 11.5. The first-order valence-electron chi connectivity index (χ1n) is 9.72. The molecule has 0 bridgehead atoms. The molecule has 30 heavy (non-hydrogen) atoms. The minimum atomic E-state index is -0.399. The molecule has 1 aliphatic carbocycles. The molecule has 0 fully saturated rings. The van der Waals surface area contributed by atoms with Crippen LogP contribution in [0.4, 0.5) is 5.00 Å². The van der Waals surface area contributed by atoms with Gasteiger partial charge in [-0.05, 0) is 50.7 Å². The zero-order chi connectivity index (χ0) is 21.4. The molecule has 0 aromatic carbocycles. The van der Waals surface area contributed by atoms with Crippen LogP contribution in [0.25, 0.3) is 5.78 Å². The largest absolute Gasteiger partial charge is 0.465 e. The number of anilines is 1. The average Bonchev–Trinajstić information content (AvgIpc) is 3.26. The third-order valence-electron chi connectivity index (χ3n) is 5.09. The fourth-order valence-corrected chi connectivity index (χ4v) is 5.69. The zero-order valence-electron chi connectivity index (χ0n) is 17.3. The molecule has 0 saturated carbocycles. The fraction of sp³-hybridized carbons (Fsp3) is 0.450. The van der Waals surface area contributed by atoms with Crippen molar-refractivity contribution in [3.63, 3.8) is 0 Å². The lowest BCUT2D eigenvalue weighted by atomic mass is 9.88. The second-order valence-corrected chi connectivity index (χ2v) is 9.58. The van der Waals surface area contributed by atoms with Crippen LogP contribution in [0.5, 0.6) is 0 Å². The summed E-state index contributed by atoms with van der Waals surface area (Å²) in [5.41, 5.74) is 3.33. The molecule has 1 aliphatic rings. The number of methoxy groups -OCH3 is 1. The Hall–Kier alpha value is -2.46. The number of hydrogen-bond acceptors (Lipinski definition) is 8. The summed E-state index contributed by atoms with van der Waals surface area (Å²) in [7, 11) is 1.37. The van der Waals surface area contributed by atoms with Gasteiger partial charge in [0.1, 0.15) is 5.00 Å². The number of esters is 1. The minimum Gasteiger partial charge on any atom is -0.465 e. The highest BCUT2D eigenvalue weighted by molar-refractivity contribution is 7.99. The van der Waals surface area contributed by atoms with Gasteiger partial charge in [-0.1, -0.05) is 18.7 Å². The summed E-state index contributed by atoms with van der Waals surface area (Å²) in [5, 5.41) is 8.37. The molecule has 0 saturated heterocycles. The number of ether oxygens (including phenoxy) is 1. The normalized spacial score (nSPS) is 15.8. The molecular formula is C20H23N5O3S2. The number of amides is 1. The van der Waals surface area contributed by atoms with Crippen LogP contribution in [-0.2, 0) is 22.4 Å². The van der Waals surface area contributed by atoms with Crippen molar-refractivity contribution in [3.8, 4) is 0 Å². The number of nitrogens with zero attached hydrogens (tertiary/aromatic N) is 4. The third-order valence-corrected chi connectivity index (χ3v) is 7.09. The number of thioether (sulfide) groups is 1. The van der Waals surface area contributed by atoms with Crippen molar-refractivity contribution in [1.82, 2.24) is 19.6 Å². The van der Waals surface area contributed by atoms with Gasteiger partial charge in [0.15, 0.2) is 0 Å². The quantitative estimate of drug-likeness (QED) is 0.474. The molecule has 1 N–H and O–H groups in total. The van der Waals surface area contributed by atoms with Crippen LogP contribution in [0.3, 0.4) is 0 Å². The molecule has 10 heteroatoms. The lowest BCUT2D eigenvalue weighted by molar-refractivity contribution is -0.113. The van der Waals surface area contributed by atoms with Crippen molar-refractivity contribution in [2.75, 3.05) is 18.2 Å². The molecule has 3 aromatic rings. The van der Waals surface area contributed by atoms with Crippen LogP contribution in [0.1, 0.15) is 45.5 Å². The molecule has 3 aromatic heterocycles. The van der Waals surface area contributed by atoms with Gasteiger partial charge in [-0.2, -0.15) is 4.98 Å². The summed E-state index contributed by atoms with van der Waals surface area (Å²) in [6.45, 7) is 6.04. The SMILES string of the molecule is COC(=O)c1c(NC(=O)CSc2nc3nc(C)cc(C)n3n2)sc2c1CCC(C)C2. The Balaban J connectivity index is 1.49. The van der Waals surface area contributed by atoms with Crippen LogP contribution < -0.4 is 5.32 Å². The van der Waals surface area contributed by atoms with Gasteiger partial charge >= 0.3 is 5.97 Å². The summed E-state index contributed by atoms with van der Waals surface area (Å²) >= 11 is 2.72. The van der Waals surface area contributed by atoms with E-state index in [0.29, 0.717) is 27.4 Å². The fourth-order valence-electron chi connectivity index (χ4n) is 3.66. The van der Waals surface area contributed by atoms with Gasteiger partial charge < -0.3 is 10.1 Å². The van der Waals surface area contributed by atoms with Crippen LogP contribution in [0, 0.1) is 19.8 Å². The summed E-state index contributed by atoms with van der Waals surface area (Å²) in [6, 6.07) is 1.93. The van der Waals surface area contributed by atoms with Gasteiger partial charge in [0.05, 0.1) is 18.4 Å². The molecule has 0 radical (unpaired) electrons. The molecule has 1 unspecified atom stereocenters. The Kier molecular flexibility index (Phi) is 5.79. The van der Waals surface area contributed by atoms with E-state index in [-0.39, 0.29) is 11.7 Å². The van der Waals surface area contributed by atoms with Crippen LogP contribution in [-0.4, -0.2) is 44.3 Å². The van der Waals surface area contributed by atoms with E-state index in [4.69, 9.17) is 4.74 Å². The van der Waals surface area contributed by atoms with Crippen LogP contribution >= 0.6 is 23.1 Å². The van der Waals surface area contributed by atoms with E-state index in [9.17, 15) is 9.59 Å². The molecule has 4 rings (SSSR count). The number of thiophene rings is 1. The van der Waals surface area contributed by atoms with Gasteiger partial charge in [-0.3, -0.25) is 4.79 Å². The zero-order valence-corrected chi connectivity index (χ0v) is 18.9. The number of aromatic nitrogens is 4. The number of hydrogen-bond donors (Lipinski definition) is 1. The standard InChI is InChI=1S/C20H23N5O3S2/c1-10-5-6-13-14(7-10)30-17(16(13)18(27)28-4)22-15(26)9-29-20-23-19-21-11(2)8-12(3)25(19)24-20/h8,10H,5-7,9H2,1-4H3,(H,22,26). The third kappa shape index (κ3) is 4.06. The van der Waals surface area contributed by atoms with E-state index >= 15 is 0 Å². The van der Waals surface area contributed by atoms with Crippen molar-refractivity contribution in [2.45, 2.75) is 45.2 Å². The smallest absolute Gasteiger partial charge is 0.341 e. The second-order valence-electron chi connectivity index (χ2n) is 7.53. The molecule has 3 heterocycles. The van der Waals surface area contributed by atoms with Gasteiger partial charge in [-0.25, -0.2) is 14.3 Å². The maximum absolute atomic E-state index is 12.6. The molecule has 0 aliphatic heterocycles. The number of rotatable bonds is 5. The summed E-state index contributed by atoms with van der Waals surface area (Å²) in [4.78, 5) is 34.9. The molecule has 8 nitrogen and oxygen atoms in total. The van der Waals surface area contributed by atoms with E-state index in [2.05, 4.69) is 27.3 Å². The Labute approximate surface area is 182 Å². The van der Waals surface area contributed by atoms with Crippen molar-refractivity contribution >= 4 is 45.8 Å². The highest BCUT2D eigenvalue weighted by atomic mass is 32.2. The monoisotopic (exact) mass is 445 g/mol. The van der Waals surface area contributed by atoms with Crippen molar-refractivity contribution < 1.29 is 14.3 Å². The average molecular weight is 446 g/mol. The molecular weight excluding hydrogens is 422 g/mol. The van der Waals surface area contributed by atoms with E-state index in [1.165, 1.54) is 30.2 Å².